The lowest BCUT2D eigenvalue weighted by molar-refractivity contribution is 0.184. The van der Waals surface area contributed by atoms with E-state index in [0.717, 1.165) is 38.9 Å². The molecule has 0 unspecified atom stereocenters. The molecule has 0 aromatic heterocycles. The lowest BCUT2D eigenvalue weighted by atomic mass is 9.90. The van der Waals surface area contributed by atoms with E-state index in [1.54, 1.807) is 24.3 Å². The average molecular weight is 376 g/mol. The normalized spacial score (nSPS) is 16.7. The zero-order valence-electron chi connectivity index (χ0n) is 15.0. The van der Waals surface area contributed by atoms with Gasteiger partial charge in [0.15, 0.2) is 9.84 Å². The topological polar surface area (TPSA) is 37.4 Å². The summed E-state index contributed by atoms with van der Waals surface area (Å²) in [6, 6.07) is 15.5. The molecule has 0 spiro atoms. The number of piperidine rings is 1. The van der Waals surface area contributed by atoms with E-state index in [9.17, 15) is 12.8 Å². The predicted octanol–water partition coefficient (Wildman–Crippen LogP) is 3.94. The first-order chi connectivity index (χ1) is 12.5. The number of nitrogens with zero attached hydrogens (tertiary/aromatic N) is 1. The maximum atomic E-state index is 13.0. The SMILES string of the molecule is O=S(=O)(CCCN1CCC(Cc2ccc(F)cc2)CC1)c1ccccc1. The summed E-state index contributed by atoms with van der Waals surface area (Å²) in [4.78, 5) is 2.78. The smallest absolute Gasteiger partial charge is 0.178 e. The Hall–Kier alpha value is -1.72. The first-order valence-corrected chi connectivity index (χ1v) is 10.9. The number of likely N-dealkylation sites (tertiary alicyclic amines) is 1. The Morgan fingerprint density at radius 3 is 2.27 bits per heavy atom. The van der Waals surface area contributed by atoms with E-state index in [1.807, 2.05) is 18.2 Å². The number of rotatable bonds is 7. The van der Waals surface area contributed by atoms with Gasteiger partial charge in [-0.15, -0.1) is 0 Å². The minimum atomic E-state index is -3.17. The summed E-state index contributed by atoms with van der Waals surface area (Å²) in [7, 11) is -3.17. The minimum absolute atomic E-state index is 0.186. The van der Waals surface area contributed by atoms with E-state index >= 15 is 0 Å². The molecule has 0 aliphatic carbocycles. The lowest BCUT2D eigenvalue weighted by Gasteiger charge is -2.32. The van der Waals surface area contributed by atoms with Gasteiger partial charge in [0, 0.05) is 0 Å². The summed E-state index contributed by atoms with van der Waals surface area (Å²) in [6.45, 7) is 2.85. The second-order valence-electron chi connectivity index (χ2n) is 7.10. The highest BCUT2D eigenvalue weighted by atomic mass is 32.2. The Balaban J connectivity index is 1.40. The molecule has 26 heavy (non-hydrogen) atoms. The fourth-order valence-corrected chi connectivity index (χ4v) is 4.91. The van der Waals surface area contributed by atoms with Crippen LogP contribution in [-0.4, -0.2) is 38.7 Å². The van der Waals surface area contributed by atoms with E-state index in [0.29, 0.717) is 17.2 Å². The Morgan fingerprint density at radius 1 is 0.962 bits per heavy atom. The van der Waals surface area contributed by atoms with E-state index < -0.39 is 9.84 Å². The van der Waals surface area contributed by atoms with Gasteiger partial charge in [0.1, 0.15) is 5.82 Å². The van der Waals surface area contributed by atoms with E-state index in [1.165, 1.54) is 17.7 Å². The Labute approximate surface area is 155 Å². The second-order valence-corrected chi connectivity index (χ2v) is 9.21. The fourth-order valence-electron chi connectivity index (χ4n) is 3.59. The third kappa shape index (κ3) is 5.39. The molecule has 1 aliphatic rings. The van der Waals surface area contributed by atoms with Crippen LogP contribution in [0.4, 0.5) is 4.39 Å². The number of benzene rings is 2. The van der Waals surface area contributed by atoms with E-state index in [-0.39, 0.29) is 11.6 Å². The van der Waals surface area contributed by atoms with Crippen molar-refractivity contribution in [3.05, 3.63) is 66.0 Å². The predicted molar refractivity (Wildman–Crippen MR) is 102 cm³/mol. The van der Waals surface area contributed by atoms with Crippen molar-refractivity contribution in [2.45, 2.75) is 30.6 Å². The van der Waals surface area contributed by atoms with Crippen LogP contribution in [0.25, 0.3) is 0 Å². The van der Waals surface area contributed by atoms with E-state index in [4.69, 9.17) is 0 Å². The van der Waals surface area contributed by atoms with Crippen LogP contribution in [0, 0.1) is 11.7 Å². The molecule has 0 atom stereocenters. The van der Waals surface area contributed by atoms with Crippen molar-refractivity contribution < 1.29 is 12.8 Å². The van der Waals surface area contributed by atoms with Crippen molar-refractivity contribution in [3.8, 4) is 0 Å². The molecule has 2 aromatic carbocycles. The van der Waals surface area contributed by atoms with Crippen LogP contribution in [0.15, 0.2) is 59.5 Å². The molecule has 0 saturated carbocycles. The largest absolute Gasteiger partial charge is 0.303 e. The number of hydrogen-bond donors (Lipinski definition) is 0. The summed E-state index contributed by atoms with van der Waals surface area (Å²) < 4.78 is 37.6. The summed E-state index contributed by atoms with van der Waals surface area (Å²) in [5, 5.41) is 0. The number of halogens is 1. The molecule has 1 saturated heterocycles. The van der Waals surface area contributed by atoms with Gasteiger partial charge >= 0.3 is 0 Å². The molecule has 2 aromatic rings. The molecular formula is C21H26FNO2S. The highest BCUT2D eigenvalue weighted by molar-refractivity contribution is 7.91. The minimum Gasteiger partial charge on any atom is -0.303 e. The molecule has 140 valence electrons. The van der Waals surface area contributed by atoms with Crippen molar-refractivity contribution in [3.63, 3.8) is 0 Å². The molecule has 5 heteroatoms. The molecule has 0 amide bonds. The Kier molecular flexibility index (Phi) is 6.43. The summed E-state index contributed by atoms with van der Waals surface area (Å²) in [5.41, 5.74) is 1.19. The van der Waals surface area contributed by atoms with Crippen LogP contribution in [0.3, 0.4) is 0 Å². The molecule has 1 fully saturated rings. The third-order valence-electron chi connectivity index (χ3n) is 5.13. The third-order valence-corrected chi connectivity index (χ3v) is 6.95. The molecule has 0 N–H and O–H groups in total. The first kappa shape index (κ1) is 19.1. The van der Waals surface area contributed by atoms with Gasteiger partial charge in [-0.2, -0.15) is 0 Å². The van der Waals surface area contributed by atoms with Gasteiger partial charge in [-0.3, -0.25) is 0 Å². The number of hydrogen-bond acceptors (Lipinski definition) is 3. The first-order valence-electron chi connectivity index (χ1n) is 9.27. The van der Waals surface area contributed by atoms with Gasteiger partial charge in [0.2, 0.25) is 0 Å². The van der Waals surface area contributed by atoms with Crippen molar-refractivity contribution in [1.82, 2.24) is 4.90 Å². The van der Waals surface area contributed by atoms with Gasteiger partial charge in [-0.25, -0.2) is 12.8 Å². The van der Waals surface area contributed by atoms with Gasteiger partial charge in [0.05, 0.1) is 10.6 Å². The standard InChI is InChI=1S/C21H26FNO2S/c22-20-9-7-18(8-10-20)17-19-11-14-23(15-12-19)13-4-16-26(24,25)21-5-2-1-3-6-21/h1-3,5-10,19H,4,11-17H2. The molecule has 1 heterocycles. The Bertz CT molecular complexity index is 783. The van der Waals surface area contributed by atoms with Crippen LogP contribution < -0.4 is 0 Å². The molecule has 3 rings (SSSR count). The summed E-state index contributed by atoms with van der Waals surface area (Å²) in [6.07, 6.45) is 3.89. The van der Waals surface area contributed by atoms with Crippen LogP contribution in [0.5, 0.6) is 0 Å². The van der Waals surface area contributed by atoms with Crippen molar-refractivity contribution in [1.29, 1.82) is 0 Å². The Morgan fingerprint density at radius 2 is 1.62 bits per heavy atom. The summed E-state index contributed by atoms with van der Waals surface area (Å²) >= 11 is 0. The van der Waals surface area contributed by atoms with E-state index in [2.05, 4.69) is 4.90 Å². The quantitative estimate of drug-likeness (QED) is 0.735. The van der Waals surface area contributed by atoms with Crippen LogP contribution >= 0.6 is 0 Å². The second kappa shape index (κ2) is 8.78. The highest BCUT2D eigenvalue weighted by Crippen LogP contribution is 2.22. The molecule has 1 aliphatic heterocycles. The fraction of sp³-hybridized carbons (Fsp3) is 0.429. The van der Waals surface area contributed by atoms with Gasteiger partial charge < -0.3 is 4.90 Å². The monoisotopic (exact) mass is 375 g/mol. The highest BCUT2D eigenvalue weighted by Gasteiger charge is 2.20. The van der Waals surface area contributed by atoms with Crippen molar-refractivity contribution in [2.24, 2.45) is 5.92 Å². The maximum Gasteiger partial charge on any atom is 0.178 e. The zero-order valence-corrected chi connectivity index (χ0v) is 15.8. The summed E-state index contributed by atoms with van der Waals surface area (Å²) in [5.74, 6) is 0.644. The molecule has 0 bridgehead atoms. The van der Waals surface area contributed by atoms with Gasteiger partial charge in [0.25, 0.3) is 0 Å². The van der Waals surface area contributed by atoms with Crippen LogP contribution in [0.1, 0.15) is 24.8 Å². The van der Waals surface area contributed by atoms with Crippen LogP contribution in [-0.2, 0) is 16.3 Å². The lowest BCUT2D eigenvalue weighted by Crippen LogP contribution is -2.35. The van der Waals surface area contributed by atoms with Crippen molar-refractivity contribution >= 4 is 9.84 Å². The number of sulfone groups is 1. The molecular weight excluding hydrogens is 349 g/mol. The van der Waals surface area contributed by atoms with Gasteiger partial charge in [-0.1, -0.05) is 30.3 Å². The van der Waals surface area contributed by atoms with Gasteiger partial charge in [-0.05, 0) is 81.1 Å². The average Bonchev–Trinajstić information content (AvgIpc) is 2.66. The maximum absolute atomic E-state index is 13.0. The molecule has 3 nitrogen and oxygen atoms in total. The zero-order chi connectivity index (χ0) is 18.4. The van der Waals surface area contributed by atoms with Crippen molar-refractivity contribution in [2.75, 3.05) is 25.4 Å². The molecule has 0 radical (unpaired) electrons. The van der Waals surface area contributed by atoms with Crippen LogP contribution in [0.2, 0.25) is 0 Å².